The Morgan fingerprint density at radius 2 is 2.00 bits per heavy atom. The third-order valence-corrected chi connectivity index (χ3v) is 4.75. The Morgan fingerprint density at radius 1 is 1.43 bits per heavy atom. The highest BCUT2D eigenvalue weighted by Gasteiger charge is 2.41. The highest BCUT2D eigenvalue weighted by atomic mass is 32.2. The van der Waals surface area contributed by atoms with Crippen LogP contribution in [-0.2, 0) is 9.84 Å². The minimum absolute atomic E-state index is 0.0115. The molecule has 1 aliphatic heterocycles. The van der Waals surface area contributed by atoms with Crippen molar-refractivity contribution in [1.82, 2.24) is 0 Å². The lowest BCUT2D eigenvalue weighted by Gasteiger charge is -2.26. The smallest absolute Gasteiger partial charge is 0.153 e. The molecule has 2 N–H and O–H groups in total. The molecule has 0 saturated carbocycles. The Labute approximate surface area is 84.9 Å². The lowest BCUT2D eigenvalue weighted by Crippen LogP contribution is -2.32. The molecule has 1 aliphatic rings. The Hall–Kier alpha value is -0.130. The van der Waals surface area contributed by atoms with Crippen molar-refractivity contribution in [3.8, 4) is 0 Å². The highest BCUT2D eigenvalue weighted by molar-refractivity contribution is 7.91. The maximum atomic E-state index is 11.3. The lowest BCUT2D eigenvalue weighted by atomic mass is 9.84. The van der Waals surface area contributed by atoms with E-state index >= 15 is 0 Å². The standard InChI is InChI=1S/C9H18O4S/c1-3-7(6(2)10)8-4-14(12,13)5-9(8)11/h6-11H,3-5H2,1-2H3. The number of aliphatic hydroxyl groups excluding tert-OH is 2. The molecule has 0 bridgehead atoms. The molecule has 0 amide bonds. The summed E-state index contributed by atoms with van der Waals surface area (Å²) in [6.45, 7) is 3.54. The lowest BCUT2D eigenvalue weighted by molar-refractivity contribution is 0.0381. The summed E-state index contributed by atoms with van der Waals surface area (Å²) in [6.07, 6.45) is -0.679. The molecule has 14 heavy (non-hydrogen) atoms. The molecule has 4 nitrogen and oxygen atoms in total. The molecule has 0 aromatic rings. The van der Waals surface area contributed by atoms with Crippen LogP contribution < -0.4 is 0 Å². The molecule has 0 aromatic carbocycles. The molecule has 84 valence electrons. The molecule has 0 spiro atoms. The zero-order valence-corrected chi connectivity index (χ0v) is 9.37. The van der Waals surface area contributed by atoms with Gasteiger partial charge in [0.05, 0.1) is 23.7 Å². The van der Waals surface area contributed by atoms with Crippen LogP contribution in [0.5, 0.6) is 0 Å². The third kappa shape index (κ3) is 2.46. The Balaban J connectivity index is 2.78. The van der Waals surface area contributed by atoms with E-state index in [0.717, 1.165) is 0 Å². The van der Waals surface area contributed by atoms with Crippen molar-refractivity contribution in [3.63, 3.8) is 0 Å². The predicted octanol–water partition coefficient (Wildman–Crippen LogP) is -0.201. The fraction of sp³-hybridized carbons (Fsp3) is 1.00. The molecule has 1 heterocycles. The summed E-state index contributed by atoms with van der Waals surface area (Å²) in [5, 5.41) is 19.0. The van der Waals surface area contributed by atoms with Crippen LogP contribution in [0.1, 0.15) is 20.3 Å². The Bertz CT molecular complexity index is 283. The van der Waals surface area contributed by atoms with Crippen molar-refractivity contribution in [2.24, 2.45) is 11.8 Å². The van der Waals surface area contributed by atoms with Crippen molar-refractivity contribution in [3.05, 3.63) is 0 Å². The van der Waals surface area contributed by atoms with Gasteiger partial charge in [0, 0.05) is 5.92 Å². The van der Waals surface area contributed by atoms with E-state index in [1.807, 2.05) is 6.92 Å². The van der Waals surface area contributed by atoms with E-state index in [2.05, 4.69) is 0 Å². The quantitative estimate of drug-likeness (QED) is 0.693. The van der Waals surface area contributed by atoms with Crippen molar-refractivity contribution < 1.29 is 18.6 Å². The van der Waals surface area contributed by atoms with Gasteiger partial charge in [-0.1, -0.05) is 13.3 Å². The summed E-state index contributed by atoms with van der Waals surface area (Å²) < 4.78 is 22.5. The molecule has 4 unspecified atom stereocenters. The fourth-order valence-corrected chi connectivity index (χ4v) is 4.23. The monoisotopic (exact) mass is 222 g/mol. The summed E-state index contributed by atoms with van der Waals surface area (Å²) in [7, 11) is -3.09. The first-order valence-electron chi connectivity index (χ1n) is 4.94. The van der Waals surface area contributed by atoms with Gasteiger partial charge in [-0.3, -0.25) is 0 Å². The van der Waals surface area contributed by atoms with Crippen molar-refractivity contribution in [2.75, 3.05) is 11.5 Å². The third-order valence-electron chi connectivity index (χ3n) is 3.01. The Morgan fingerprint density at radius 3 is 2.29 bits per heavy atom. The average molecular weight is 222 g/mol. The van der Waals surface area contributed by atoms with Gasteiger partial charge >= 0.3 is 0 Å². The molecule has 1 saturated heterocycles. The second kappa shape index (κ2) is 4.16. The zero-order chi connectivity index (χ0) is 10.9. The van der Waals surface area contributed by atoms with E-state index in [-0.39, 0.29) is 23.3 Å². The predicted molar refractivity (Wildman–Crippen MR) is 53.6 cm³/mol. The summed E-state index contributed by atoms with van der Waals surface area (Å²) in [4.78, 5) is 0. The molecule has 5 heteroatoms. The van der Waals surface area contributed by atoms with Crippen LogP contribution >= 0.6 is 0 Å². The van der Waals surface area contributed by atoms with Gasteiger partial charge in [-0.15, -0.1) is 0 Å². The number of hydrogen-bond donors (Lipinski definition) is 2. The first kappa shape index (κ1) is 11.9. The molecule has 1 fully saturated rings. The van der Waals surface area contributed by atoms with Crippen LogP contribution in [-0.4, -0.2) is 42.3 Å². The van der Waals surface area contributed by atoms with Crippen LogP contribution in [0.2, 0.25) is 0 Å². The zero-order valence-electron chi connectivity index (χ0n) is 8.55. The molecule has 0 radical (unpaired) electrons. The van der Waals surface area contributed by atoms with Crippen molar-refractivity contribution in [1.29, 1.82) is 0 Å². The van der Waals surface area contributed by atoms with Gasteiger partial charge in [-0.25, -0.2) is 8.42 Å². The van der Waals surface area contributed by atoms with E-state index in [0.29, 0.717) is 6.42 Å². The highest BCUT2D eigenvalue weighted by Crippen LogP contribution is 2.30. The second-order valence-corrected chi connectivity index (χ2v) is 6.27. The number of rotatable bonds is 3. The SMILES string of the molecule is CCC(C(C)O)C1CS(=O)(=O)CC1O. The minimum Gasteiger partial charge on any atom is -0.393 e. The normalized spacial score (nSPS) is 35.4. The number of sulfone groups is 1. The van der Waals surface area contributed by atoms with Crippen molar-refractivity contribution >= 4 is 9.84 Å². The van der Waals surface area contributed by atoms with Crippen LogP contribution in [0.25, 0.3) is 0 Å². The van der Waals surface area contributed by atoms with Gasteiger partial charge in [0.1, 0.15) is 0 Å². The topological polar surface area (TPSA) is 74.6 Å². The molecule has 1 rings (SSSR count). The fourth-order valence-electron chi connectivity index (χ4n) is 2.27. The van der Waals surface area contributed by atoms with E-state index in [4.69, 9.17) is 0 Å². The largest absolute Gasteiger partial charge is 0.393 e. The van der Waals surface area contributed by atoms with E-state index in [1.165, 1.54) is 0 Å². The van der Waals surface area contributed by atoms with E-state index in [9.17, 15) is 18.6 Å². The van der Waals surface area contributed by atoms with Crippen LogP contribution in [0.15, 0.2) is 0 Å². The van der Waals surface area contributed by atoms with Gasteiger partial charge in [0.15, 0.2) is 9.84 Å². The van der Waals surface area contributed by atoms with Crippen LogP contribution in [0, 0.1) is 11.8 Å². The van der Waals surface area contributed by atoms with E-state index < -0.39 is 22.0 Å². The second-order valence-electron chi connectivity index (χ2n) is 4.12. The first-order valence-corrected chi connectivity index (χ1v) is 6.76. The van der Waals surface area contributed by atoms with Gasteiger partial charge < -0.3 is 10.2 Å². The molecule has 4 atom stereocenters. The summed E-state index contributed by atoms with van der Waals surface area (Å²) >= 11 is 0. The summed E-state index contributed by atoms with van der Waals surface area (Å²) in [6, 6.07) is 0. The maximum Gasteiger partial charge on any atom is 0.153 e. The van der Waals surface area contributed by atoms with Crippen LogP contribution in [0.4, 0.5) is 0 Å². The molecular weight excluding hydrogens is 204 g/mol. The minimum atomic E-state index is -3.09. The number of hydrogen-bond acceptors (Lipinski definition) is 4. The molecular formula is C9H18O4S. The number of aliphatic hydroxyl groups is 2. The van der Waals surface area contributed by atoms with E-state index in [1.54, 1.807) is 6.92 Å². The van der Waals surface area contributed by atoms with Gasteiger partial charge in [-0.2, -0.15) is 0 Å². The Kier molecular flexibility index (Phi) is 3.55. The first-order chi connectivity index (χ1) is 6.37. The van der Waals surface area contributed by atoms with Gasteiger partial charge in [0.2, 0.25) is 0 Å². The summed E-state index contributed by atoms with van der Waals surface area (Å²) in [5.41, 5.74) is 0. The maximum absolute atomic E-state index is 11.3. The van der Waals surface area contributed by atoms with Gasteiger partial charge in [0.25, 0.3) is 0 Å². The average Bonchev–Trinajstić information content (AvgIpc) is 2.26. The molecule has 0 aliphatic carbocycles. The van der Waals surface area contributed by atoms with Crippen molar-refractivity contribution in [2.45, 2.75) is 32.5 Å². The summed E-state index contributed by atoms with van der Waals surface area (Å²) in [5.74, 6) is -0.564. The van der Waals surface area contributed by atoms with Gasteiger partial charge in [-0.05, 0) is 12.8 Å². The molecule has 0 aromatic heterocycles. The van der Waals surface area contributed by atoms with Crippen LogP contribution in [0.3, 0.4) is 0 Å².